The summed E-state index contributed by atoms with van der Waals surface area (Å²) in [4.78, 5) is 0. The number of unbranched alkanes of at least 4 members (excludes halogenated alkanes) is 2. The maximum absolute atomic E-state index is 13.3. The molecule has 0 aliphatic rings. The van der Waals surface area contributed by atoms with Crippen molar-refractivity contribution in [1.82, 2.24) is 0 Å². The third kappa shape index (κ3) is 4.21. The van der Waals surface area contributed by atoms with E-state index in [1.54, 1.807) is 0 Å². The zero-order valence-corrected chi connectivity index (χ0v) is 10.5. The summed E-state index contributed by atoms with van der Waals surface area (Å²) in [7, 11) is 0. The van der Waals surface area contributed by atoms with Crippen LogP contribution >= 0.6 is 12.4 Å². The minimum absolute atomic E-state index is 0. The van der Waals surface area contributed by atoms with E-state index >= 15 is 0 Å². The summed E-state index contributed by atoms with van der Waals surface area (Å²) in [5.41, 5.74) is 5.32. The first-order chi connectivity index (χ1) is 7.57. The Morgan fingerprint density at radius 3 is 2.29 bits per heavy atom. The van der Waals surface area contributed by atoms with Gasteiger partial charge >= 0.3 is 0 Å². The first kappa shape index (κ1) is 16.3. The van der Waals surface area contributed by atoms with Gasteiger partial charge in [-0.05, 0) is 18.6 Å². The van der Waals surface area contributed by atoms with Crippen LogP contribution in [0.3, 0.4) is 0 Å². The first-order valence-corrected chi connectivity index (χ1v) is 5.46. The first-order valence-electron chi connectivity index (χ1n) is 5.46. The van der Waals surface area contributed by atoms with Gasteiger partial charge in [0.15, 0.2) is 11.6 Å². The van der Waals surface area contributed by atoms with Crippen molar-refractivity contribution in [3.63, 3.8) is 0 Å². The second-order valence-electron chi connectivity index (χ2n) is 3.86. The molecule has 0 heterocycles. The van der Waals surface area contributed by atoms with Crippen LogP contribution in [0.15, 0.2) is 12.1 Å². The lowest BCUT2D eigenvalue weighted by molar-refractivity contribution is 0.453. The summed E-state index contributed by atoms with van der Waals surface area (Å²) < 4.78 is 39.5. The van der Waals surface area contributed by atoms with Crippen LogP contribution in [0.5, 0.6) is 0 Å². The fraction of sp³-hybridized carbons (Fsp3) is 0.500. The second kappa shape index (κ2) is 7.56. The Balaban J connectivity index is 0.00000256. The highest BCUT2D eigenvalue weighted by atomic mass is 35.5. The molecule has 1 rings (SSSR count). The topological polar surface area (TPSA) is 26.0 Å². The van der Waals surface area contributed by atoms with Gasteiger partial charge in [-0.3, -0.25) is 0 Å². The predicted molar refractivity (Wildman–Crippen MR) is 64.6 cm³/mol. The van der Waals surface area contributed by atoms with Crippen molar-refractivity contribution < 1.29 is 13.2 Å². The maximum Gasteiger partial charge on any atom is 0.166 e. The quantitative estimate of drug-likeness (QED) is 0.631. The molecule has 0 bridgehead atoms. The normalized spacial score (nSPS) is 12.1. The number of hydrogen-bond donors (Lipinski definition) is 1. The van der Waals surface area contributed by atoms with Crippen LogP contribution in [0.2, 0.25) is 0 Å². The Bertz CT molecular complexity index is 358. The summed E-state index contributed by atoms with van der Waals surface area (Å²) >= 11 is 0. The summed E-state index contributed by atoms with van der Waals surface area (Å²) in [5.74, 6) is -2.99. The molecule has 98 valence electrons. The molecule has 0 amide bonds. The summed E-state index contributed by atoms with van der Waals surface area (Å²) in [5, 5.41) is 0. The molecule has 0 aliphatic carbocycles. The standard InChI is InChI=1S/C12H16F3N.ClH/c1-2-3-4-5-10(16)11-8(13)6-7-9(14)12(11)15;/h6-7,10H,2-5,16H2,1H3;1H/t10-;/m1./s1. The van der Waals surface area contributed by atoms with E-state index in [1.165, 1.54) is 0 Å². The largest absolute Gasteiger partial charge is 0.324 e. The van der Waals surface area contributed by atoms with Gasteiger partial charge in [-0.25, -0.2) is 13.2 Å². The Morgan fingerprint density at radius 1 is 1.12 bits per heavy atom. The molecule has 2 N–H and O–H groups in total. The number of rotatable bonds is 5. The van der Waals surface area contributed by atoms with E-state index < -0.39 is 23.5 Å². The van der Waals surface area contributed by atoms with Crippen molar-refractivity contribution in [3.05, 3.63) is 35.1 Å². The smallest absolute Gasteiger partial charge is 0.166 e. The van der Waals surface area contributed by atoms with Gasteiger partial charge in [0.2, 0.25) is 0 Å². The van der Waals surface area contributed by atoms with Crippen LogP contribution in [0.1, 0.15) is 44.2 Å². The van der Waals surface area contributed by atoms with Crippen molar-refractivity contribution in [2.24, 2.45) is 5.73 Å². The molecule has 1 atom stereocenters. The van der Waals surface area contributed by atoms with E-state index in [0.717, 1.165) is 31.4 Å². The van der Waals surface area contributed by atoms with Crippen LogP contribution in [-0.2, 0) is 0 Å². The lowest BCUT2D eigenvalue weighted by Crippen LogP contribution is -2.15. The second-order valence-corrected chi connectivity index (χ2v) is 3.86. The van der Waals surface area contributed by atoms with Crippen LogP contribution in [0.4, 0.5) is 13.2 Å². The van der Waals surface area contributed by atoms with Gasteiger partial charge in [-0.15, -0.1) is 12.4 Å². The summed E-state index contributed by atoms with van der Waals surface area (Å²) in [6.07, 6.45) is 3.20. The molecule has 0 saturated carbocycles. The highest BCUT2D eigenvalue weighted by Crippen LogP contribution is 2.24. The lowest BCUT2D eigenvalue weighted by atomic mass is 10.00. The minimum Gasteiger partial charge on any atom is -0.324 e. The average Bonchev–Trinajstić information content (AvgIpc) is 2.24. The fourth-order valence-electron chi connectivity index (χ4n) is 1.64. The molecular weight excluding hydrogens is 251 g/mol. The number of nitrogens with two attached hydrogens (primary N) is 1. The molecule has 1 aromatic carbocycles. The van der Waals surface area contributed by atoms with Crippen molar-refractivity contribution in [1.29, 1.82) is 0 Å². The van der Waals surface area contributed by atoms with E-state index in [0.29, 0.717) is 6.42 Å². The summed E-state index contributed by atoms with van der Waals surface area (Å²) in [6, 6.07) is 0.905. The minimum atomic E-state index is -1.16. The molecular formula is C12H17ClF3N. The van der Waals surface area contributed by atoms with Crippen molar-refractivity contribution in [2.75, 3.05) is 0 Å². The maximum atomic E-state index is 13.3. The number of benzene rings is 1. The molecule has 1 aromatic rings. The zero-order chi connectivity index (χ0) is 12.1. The molecule has 0 spiro atoms. The van der Waals surface area contributed by atoms with E-state index in [2.05, 4.69) is 0 Å². The van der Waals surface area contributed by atoms with Gasteiger partial charge < -0.3 is 5.73 Å². The van der Waals surface area contributed by atoms with Crippen LogP contribution in [-0.4, -0.2) is 0 Å². The van der Waals surface area contributed by atoms with Crippen LogP contribution in [0.25, 0.3) is 0 Å². The Hall–Kier alpha value is -0.740. The predicted octanol–water partition coefficient (Wildman–Crippen LogP) is 4.11. The monoisotopic (exact) mass is 267 g/mol. The van der Waals surface area contributed by atoms with Gasteiger partial charge in [0.05, 0.1) is 0 Å². The number of halogens is 4. The highest BCUT2D eigenvalue weighted by Gasteiger charge is 2.19. The SMILES string of the molecule is CCCCC[C@@H](N)c1c(F)ccc(F)c1F.Cl. The molecule has 17 heavy (non-hydrogen) atoms. The molecule has 0 unspecified atom stereocenters. The molecule has 5 heteroatoms. The van der Waals surface area contributed by atoms with Gasteiger partial charge in [0.25, 0.3) is 0 Å². The van der Waals surface area contributed by atoms with Gasteiger partial charge in [-0.1, -0.05) is 26.2 Å². The molecule has 0 fully saturated rings. The van der Waals surface area contributed by atoms with Gasteiger partial charge in [0.1, 0.15) is 5.82 Å². The third-order valence-corrected chi connectivity index (χ3v) is 2.57. The number of hydrogen-bond acceptors (Lipinski definition) is 1. The summed E-state index contributed by atoms with van der Waals surface area (Å²) in [6.45, 7) is 2.02. The molecule has 0 aliphatic heterocycles. The van der Waals surface area contributed by atoms with Crippen LogP contribution in [0, 0.1) is 17.5 Å². The third-order valence-electron chi connectivity index (χ3n) is 2.57. The van der Waals surface area contributed by atoms with E-state index in [-0.39, 0.29) is 18.0 Å². The average molecular weight is 268 g/mol. The van der Waals surface area contributed by atoms with E-state index in [9.17, 15) is 13.2 Å². The Labute approximate surface area is 106 Å². The van der Waals surface area contributed by atoms with Crippen LogP contribution < -0.4 is 5.73 Å². The van der Waals surface area contributed by atoms with Crippen molar-refractivity contribution >= 4 is 12.4 Å². The van der Waals surface area contributed by atoms with E-state index in [4.69, 9.17) is 5.73 Å². The van der Waals surface area contributed by atoms with Gasteiger partial charge in [0, 0.05) is 11.6 Å². The fourth-order valence-corrected chi connectivity index (χ4v) is 1.64. The highest BCUT2D eigenvalue weighted by molar-refractivity contribution is 5.85. The zero-order valence-electron chi connectivity index (χ0n) is 9.68. The van der Waals surface area contributed by atoms with E-state index in [1.807, 2.05) is 6.92 Å². The Morgan fingerprint density at radius 2 is 1.71 bits per heavy atom. The molecule has 0 radical (unpaired) electrons. The molecule has 1 nitrogen and oxygen atoms in total. The Kier molecular flexibility index (Phi) is 7.23. The molecule has 0 aromatic heterocycles. The van der Waals surface area contributed by atoms with Crippen molar-refractivity contribution in [2.45, 2.75) is 38.6 Å². The molecule has 0 saturated heterocycles. The van der Waals surface area contributed by atoms with Gasteiger partial charge in [-0.2, -0.15) is 0 Å². The van der Waals surface area contributed by atoms with Crippen molar-refractivity contribution in [3.8, 4) is 0 Å². The lowest BCUT2D eigenvalue weighted by Gasteiger charge is -2.13.